The predicted molar refractivity (Wildman–Crippen MR) is 79.4 cm³/mol. The molecule has 0 amide bonds. The van der Waals surface area contributed by atoms with Gasteiger partial charge in [0.05, 0.1) is 19.8 Å². The maximum absolute atomic E-state index is 11.9. The lowest BCUT2D eigenvalue weighted by Gasteiger charge is -2.27. The zero-order valence-corrected chi connectivity index (χ0v) is 11.6. The van der Waals surface area contributed by atoms with Gasteiger partial charge in [-0.05, 0) is 5.56 Å². The highest BCUT2D eigenvalue weighted by atomic mass is 16.5. The highest BCUT2D eigenvalue weighted by Gasteiger charge is 2.16. The van der Waals surface area contributed by atoms with Crippen molar-refractivity contribution in [3.8, 4) is 11.3 Å². The highest BCUT2D eigenvalue weighted by molar-refractivity contribution is 5.62. The van der Waals surface area contributed by atoms with E-state index in [1.54, 1.807) is 0 Å². The zero-order chi connectivity index (χ0) is 14.7. The van der Waals surface area contributed by atoms with Crippen molar-refractivity contribution in [2.75, 3.05) is 31.2 Å². The van der Waals surface area contributed by atoms with E-state index in [1.807, 2.05) is 29.2 Å². The average molecular weight is 287 g/mol. The summed E-state index contributed by atoms with van der Waals surface area (Å²) in [5, 5.41) is 9.42. The van der Waals surface area contributed by atoms with Gasteiger partial charge in [-0.15, -0.1) is 0 Å². The third kappa shape index (κ3) is 2.99. The first-order valence-corrected chi connectivity index (χ1v) is 6.95. The van der Waals surface area contributed by atoms with Crippen LogP contribution in [-0.4, -0.2) is 31.4 Å². The van der Waals surface area contributed by atoms with E-state index in [4.69, 9.17) is 9.15 Å². The normalized spacial score (nSPS) is 15.2. The number of hydrogen-bond donors (Lipinski definition) is 1. The molecule has 5 nitrogen and oxygen atoms in total. The largest absolute Gasteiger partial charge is 0.440 e. The first-order chi connectivity index (χ1) is 10.3. The Labute approximate surface area is 122 Å². The van der Waals surface area contributed by atoms with Crippen molar-refractivity contribution in [2.24, 2.45) is 0 Å². The summed E-state index contributed by atoms with van der Waals surface area (Å²) in [7, 11) is 0. The summed E-state index contributed by atoms with van der Waals surface area (Å²) in [6.07, 6.45) is 0. The fourth-order valence-corrected chi connectivity index (χ4v) is 2.44. The molecule has 1 aliphatic heterocycles. The first kappa shape index (κ1) is 13.9. The summed E-state index contributed by atoms with van der Waals surface area (Å²) < 4.78 is 11.2. The Kier molecular flexibility index (Phi) is 4.03. The molecule has 0 saturated carbocycles. The van der Waals surface area contributed by atoms with Crippen molar-refractivity contribution in [1.29, 1.82) is 0 Å². The molecule has 1 fully saturated rings. The maximum atomic E-state index is 11.9. The Morgan fingerprint density at radius 2 is 1.90 bits per heavy atom. The molecule has 1 saturated heterocycles. The standard InChI is InChI=1S/C16H17NO4/c18-11-12-3-1-2-4-14(12)15-9-13(19)10-16(21-15)17-5-7-20-8-6-17/h1-4,9-10,18H,5-8,11H2. The monoisotopic (exact) mass is 287 g/mol. The number of aliphatic hydroxyl groups is 1. The van der Waals surface area contributed by atoms with E-state index in [-0.39, 0.29) is 12.0 Å². The molecule has 0 atom stereocenters. The Bertz CT molecular complexity index is 674. The minimum absolute atomic E-state index is 0.0956. The quantitative estimate of drug-likeness (QED) is 0.929. The molecule has 2 aromatic rings. The smallest absolute Gasteiger partial charge is 0.200 e. The predicted octanol–water partition coefficient (Wildman–Crippen LogP) is 1.64. The van der Waals surface area contributed by atoms with Crippen LogP contribution >= 0.6 is 0 Å². The van der Waals surface area contributed by atoms with Crippen molar-refractivity contribution >= 4 is 5.88 Å². The van der Waals surface area contributed by atoms with E-state index in [2.05, 4.69) is 0 Å². The van der Waals surface area contributed by atoms with Gasteiger partial charge in [-0.1, -0.05) is 24.3 Å². The number of nitrogens with zero attached hydrogens (tertiary/aromatic N) is 1. The van der Waals surface area contributed by atoms with Gasteiger partial charge in [-0.3, -0.25) is 4.79 Å². The lowest BCUT2D eigenvalue weighted by Crippen LogP contribution is -2.36. The Hall–Kier alpha value is -2.11. The lowest BCUT2D eigenvalue weighted by atomic mass is 10.1. The van der Waals surface area contributed by atoms with Crippen LogP contribution in [0.15, 0.2) is 45.6 Å². The number of aliphatic hydroxyl groups excluding tert-OH is 1. The molecule has 1 N–H and O–H groups in total. The van der Waals surface area contributed by atoms with Crippen LogP contribution in [0.2, 0.25) is 0 Å². The van der Waals surface area contributed by atoms with Crippen LogP contribution in [0.1, 0.15) is 5.56 Å². The molecule has 0 aliphatic carbocycles. The van der Waals surface area contributed by atoms with E-state index in [1.165, 1.54) is 12.1 Å². The molecule has 21 heavy (non-hydrogen) atoms. The van der Waals surface area contributed by atoms with Crippen LogP contribution in [0, 0.1) is 0 Å². The number of ether oxygens (including phenoxy) is 1. The van der Waals surface area contributed by atoms with Gasteiger partial charge in [0.25, 0.3) is 0 Å². The molecule has 1 aromatic heterocycles. The first-order valence-electron chi connectivity index (χ1n) is 6.95. The Morgan fingerprint density at radius 1 is 1.14 bits per heavy atom. The zero-order valence-electron chi connectivity index (χ0n) is 11.6. The number of anilines is 1. The van der Waals surface area contributed by atoms with Crippen LogP contribution < -0.4 is 10.3 Å². The van der Waals surface area contributed by atoms with E-state index in [0.29, 0.717) is 37.9 Å². The van der Waals surface area contributed by atoms with Crippen molar-refractivity contribution in [2.45, 2.75) is 6.61 Å². The van der Waals surface area contributed by atoms with Crippen LogP contribution in [0.5, 0.6) is 0 Å². The van der Waals surface area contributed by atoms with Gasteiger partial charge in [0.15, 0.2) is 11.3 Å². The summed E-state index contributed by atoms with van der Waals surface area (Å²) in [6.45, 7) is 2.56. The van der Waals surface area contributed by atoms with Gasteiger partial charge in [0, 0.05) is 30.8 Å². The van der Waals surface area contributed by atoms with Crippen molar-refractivity contribution in [1.82, 2.24) is 0 Å². The van der Waals surface area contributed by atoms with Crippen LogP contribution in [0.3, 0.4) is 0 Å². The third-order valence-electron chi connectivity index (χ3n) is 3.53. The topological polar surface area (TPSA) is 62.9 Å². The molecule has 1 aromatic carbocycles. The van der Waals surface area contributed by atoms with E-state index >= 15 is 0 Å². The lowest BCUT2D eigenvalue weighted by molar-refractivity contribution is 0.120. The number of rotatable bonds is 3. The number of hydrogen-bond acceptors (Lipinski definition) is 5. The van der Waals surface area contributed by atoms with Gasteiger partial charge in [0.1, 0.15) is 5.76 Å². The molecule has 3 rings (SSSR count). The molecule has 110 valence electrons. The van der Waals surface area contributed by atoms with Gasteiger partial charge >= 0.3 is 0 Å². The number of morpholine rings is 1. The molecular formula is C16H17NO4. The van der Waals surface area contributed by atoms with Gasteiger partial charge in [0.2, 0.25) is 0 Å². The minimum Gasteiger partial charge on any atom is -0.440 e. The second kappa shape index (κ2) is 6.11. The molecule has 0 radical (unpaired) electrons. The second-order valence-corrected chi connectivity index (χ2v) is 4.91. The maximum Gasteiger partial charge on any atom is 0.200 e. The van der Waals surface area contributed by atoms with E-state index in [0.717, 1.165) is 11.1 Å². The van der Waals surface area contributed by atoms with Crippen molar-refractivity contribution in [3.05, 3.63) is 52.2 Å². The summed E-state index contributed by atoms with van der Waals surface area (Å²) in [4.78, 5) is 13.9. The van der Waals surface area contributed by atoms with Gasteiger partial charge in [-0.25, -0.2) is 0 Å². The van der Waals surface area contributed by atoms with Crippen LogP contribution in [0.4, 0.5) is 5.88 Å². The fraction of sp³-hybridized carbons (Fsp3) is 0.312. The van der Waals surface area contributed by atoms with Crippen LogP contribution in [0.25, 0.3) is 11.3 Å². The Balaban J connectivity index is 2.03. The third-order valence-corrected chi connectivity index (χ3v) is 3.53. The molecule has 0 bridgehead atoms. The minimum atomic E-state index is -0.106. The summed E-state index contributed by atoms with van der Waals surface area (Å²) >= 11 is 0. The van der Waals surface area contributed by atoms with Gasteiger partial charge in [-0.2, -0.15) is 0 Å². The Morgan fingerprint density at radius 3 is 2.67 bits per heavy atom. The van der Waals surface area contributed by atoms with E-state index in [9.17, 15) is 9.90 Å². The molecule has 0 unspecified atom stereocenters. The summed E-state index contributed by atoms with van der Waals surface area (Å²) in [5.74, 6) is 1.03. The molecule has 5 heteroatoms. The van der Waals surface area contributed by atoms with Crippen molar-refractivity contribution < 1.29 is 14.3 Å². The fourth-order valence-electron chi connectivity index (χ4n) is 2.44. The summed E-state index contributed by atoms with van der Waals surface area (Å²) in [5.41, 5.74) is 1.37. The molecular weight excluding hydrogens is 270 g/mol. The summed E-state index contributed by atoms with van der Waals surface area (Å²) in [6, 6.07) is 10.3. The molecule has 1 aliphatic rings. The highest BCUT2D eigenvalue weighted by Crippen LogP contribution is 2.26. The number of benzene rings is 1. The van der Waals surface area contributed by atoms with Crippen LogP contribution in [-0.2, 0) is 11.3 Å². The molecule has 0 spiro atoms. The SMILES string of the molecule is O=c1cc(-c2ccccc2CO)oc(N2CCOCC2)c1. The second-order valence-electron chi connectivity index (χ2n) is 4.91. The average Bonchev–Trinajstić information content (AvgIpc) is 2.55. The van der Waals surface area contributed by atoms with E-state index < -0.39 is 0 Å². The molecule has 2 heterocycles. The van der Waals surface area contributed by atoms with Gasteiger partial charge < -0.3 is 19.2 Å². The van der Waals surface area contributed by atoms with Crippen molar-refractivity contribution in [3.63, 3.8) is 0 Å².